The Bertz CT molecular complexity index is 199. The molecular formula is C8H14FNO. The topological polar surface area (TPSA) is 23.5 Å². The van der Waals surface area contributed by atoms with Crippen molar-refractivity contribution >= 4 is 0 Å². The summed E-state index contributed by atoms with van der Waals surface area (Å²) in [6, 6.07) is 0. The van der Waals surface area contributed by atoms with E-state index in [1.165, 1.54) is 0 Å². The molecule has 0 unspecified atom stereocenters. The van der Waals surface area contributed by atoms with Crippen LogP contribution in [0.3, 0.4) is 0 Å². The van der Waals surface area contributed by atoms with Crippen LogP contribution < -0.4 is 0 Å². The summed E-state index contributed by atoms with van der Waals surface area (Å²) < 4.78 is 20.6. The molecule has 0 spiro atoms. The summed E-state index contributed by atoms with van der Waals surface area (Å²) in [5.74, 6) is 0. The van der Waals surface area contributed by atoms with E-state index in [9.17, 15) is 4.39 Å². The molecule has 3 heteroatoms. The maximum Gasteiger partial charge on any atom is 0.115 e. The number of alkyl halides is 1. The predicted molar refractivity (Wildman–Crippen MR) is 40.1 cm³/mol. The van der Waals surface area contributed by atoms with Crippen molar-refractivity contribution in [1.82, 2.24) is 4.90 Å². The van der Waals surface area contributed by atoms with E-state index >= 15 is 0 Å². The van der Waals surface area contributed by atoms with Crippen LogP contribution in [0.1, 0.15) is 20.6 Å². The minimum absolute atomic E-state index is 0.00243. The first kappa shape index (κ1) is 6.38. The van der Waals surface area contributed by atoms with Crippen LogP contribution in [-0.2, 0) is 0 Å². The van der Waals surface area contributed by atoms with E-state index in [2.05, 4.69) is 0 Å². The van der Waals surface area contributed by atoms with Crippen LogP contribution in [0, 0.1) is 0 Å². The van der Waals surface area contributed by atoms with Gasteiger partial charge in [0.1, 0.15) is 6.15 Å². The fourth-order valence-corrected chi connectivity index (χ4v) is 2.30. The lowest BCUT2D eigenvalue weighted by molar-refractivity contribution is 0.0996. The summed E-state index contributed by atoms with van der Waals surface area (Å²) in [6.07, 6.45) is 0.213. The molecule has 2 aliphatic heterocycles. The summed E-state index contributed by atoms with van der Waals surface area (Å²) in [7, 11) is 0. The lowest BCUT2D eigenvalue weighted by Gasteiger charge is -2.28. The van der Waals surface area contributed by atoms with Gasteiger partial charge in [-0.3, -0.25) is 4.90 Å². The average Bonchev–Trinajstić information content (AvgIpc) is 2.40. The standard InChI is InChI=1S/C8H14FNO/c9-7-4-8(6-11)2-1-3-10(8)5-7/h7,11H,1-6H2/t7-,8+/m1/s1/i7D. The van der Waals surface area contributed by atoms with Gasteiger partial charge in [-0.2, -0.15) is 0 Å². The molecule has 0 aromatic rings. The van der Waals surface area contributed by atoms with Crippen molar-refractivity contribution in [3.63, 3.8) is 0 Å². The summed E-state index contributed by atoms with van der Waals surface area (Å²) in [5, 5.41) is 9.17. The van der Waals surface area contributed by atoms with Crippen LogP contribution in [0.15, 0.2) is 0 Å². The number of aliphatic hydroxyl groups excluding tert-OH is 1. The monoisotopic (exact) mass is 160 g/mol. The van der Waals surface area contributed by atoms with Crippen LogP contribution in [0.4, 0.5) is 4.39 Å². The number of hydrogen-bond acceptors (Lipinski definition) is 2. The number of rotatable bonds is 1. The molecule has 0 bridgehead atoms. The highest BCUT2D eigenvalue weighted by Gasteiger charge is 2.47. The minimum Gasteiger partial charge on any atom is -0.394 e. The van der Waals surface area contributed by atoms with Gasteiger partial charge in [0, 0.05) is 18.5 Å². The summed E-state index contributed by atoms with van der Waals surface area (Å²) in [4.78, 5) is 1.93. The maximum absolute atomic E-state index is 13.3. The first-order chi connectivity index (χ1) is 5.58. The zero-order valence-electron chi connectivity index (χ0n) is 7.52. The van der Waals surface area contributed by atoms with Crippen molar-refractivity contribution in [2.45, 2.75) is 30.9 Å². The molecule has 2 heterocycles. The van der Waals surface area contributed by atoms with E-state index < -0.39 is 11.7 Å². The number of hydrogen-bond donors (Lipinski definition) is 1. The summed E-state index contributed by atoms with van der Waals surface area (Å²) in [5.41, 5.74) is -0.392. The van der Waals surface area contributed by atoms with Gasteiger partial charge in [0.2, 0.25) is 0 Å². The Kier molecular flexibility index (Phi) is 1.40. The van der Waals surface area contributed by atoms with Crippen molar-refractivity contribution in [2.24, 2.45) is 0 Å². The molecule has 0 amide bonds. The zero-order chi connectivity index (χ0) is 8.82. The molecule has 0 aromatic heterocycles. The highest BCUT2D eigenvalue weighted by Crippen LogP contribution is 2.39. The molecule has 64 valence electrons. The molecular weight excluding hydrogens is 145 g/mol. The highest BCUT2D eigenvalue weighted by molar-refractivity contribution is 5.03. The van der Waals surface area contributed by atoms with E-state index in [0.29, 0.717) is 0 Å². The average molecular weight is 160 g/mol. The van der Waals surface area contributed by atoms with Crippen LogP contribution in [0.5, 0.6) is 0 Å². The fraction of sp³-hybridized carbons (Fsp3) is 1.00. The number of fused-ring (bicyclic) bond motifs is 1. The quantitative estimate of drug-likeness (QED) is 0.605. The molecule has 0 saturated carbocycles. The SMILES string of the molecule is [2H][C@]1(F)CN2CCC[C@@]2(CO)C1. The van der Waals surface area contributed by atoms with Crippen LogP contribution in [0.2, 0.25) is 0 Å². The van der Waals surface area contributed by atoms with Gasteiger partial charge in [0.05, 0.1) is 7.98 Å². The molecule has 2 nitrogen and oxygen atoms in total. The van der Waals surface area contributed by atoms with E-state index in [-0.39, 0.29) is 19.6 Å². The number of aliphatic hydroxyl groups is 1. The third-order valence-corrected chi connectivity index (χ3v) is 2.92. The van der Waals surface area contributed by atoms with Crippen molar-refractivity contribution in [1.29, 1.82) is 0 Å². The molecule has 11 heavy (non-hydrogen) atoms. The third-order valence-electron chi connectivity index (χ3n) is 2.92. The molecule has 2 saturated heterocycles. The predicted octanol–water partition coefficient (Wildman–Crippen LogP) is 0.555. The van der Waals surface area contributed by atoms with Gasteiger partial charge in [-0.05, 0) is 19.4 Å². The molecule has 0 radical (unpaired) electrons. The second-order valence-electron chi connectivity index (χ2n) is 3.60. The number of halogens is 1. The van der Waals surface area contributed by atoms with Crippen molar-refractivity contribution in [3.05, 3.63) is 0 Å². The van der Waals surface area contributed by atoms with E-state index in [1.807, 2.05) is 4.90 Å². The van der Waals surface area contributed by atoms with Crippen molar-refractivity contribution < 1.29 is 10.9 Å². The van der Waals surface area contributed by atoms with Gasteiger partial charge in [-0.1, -0.05) is 0 Å². The van der Waals surface area contributed by atoms with Gasteiger partial charge in [0.15, 0.2) is 0 Å². The summed E-state index contributed by atoms with van der Waals surface area (Å²) in [6.45, 7) is 1.01. The Balaban J connectivity index is 2.20. The second-order valence-corrected chi connectivity index (χ2v) is 3.60. The molecule has 2 fully saturated rings. The fourth-order valence-electron chi connectivity index (χ4n) is 2.30. The minimum atomic E-state index is -1.83. The van der Waals surface area contributed by atoms with Crippen LogP contribution in [-0.4, -0.2) is 41.4 Å². The second kappa shape index (κ2) is 2.42. The Morgan fingerprint density at radius 1 is 1.82 bits per heavy atom. The van der Waals surface area contributed by atoms with E-state index in [0.717, 1.165) is 19.4 Å². The van der Waals surface area contributed by atoms with Gasteiger partial charge in [-0.15, -0.1) is 0 Å². The van der Waals surface area contributed by atoms with Gasteiger partial charge >= 0.3 is 0 Å². The van der Waals surface area contributed by atoms with Crippen LogP contribution >= 0.6 is 0 Å². The molecule has 2 aliphatic rings. The first-order valence-corrected chi connectivity index (χ1v) is 4.13. The third kappa shape index (κ3) is 0.983. The van der Waals surface area contributed by atoms with Gasteiger partial charge < -0.3 is 5.11 Å². The Morgan fingerprint density at radius 3 is 3.27 bits per heavy atom. The Morgan fingerprint density at radius 2 is 2.64 bits per heavy atom. The Hall–Kier alpha value is -0.150. The number of nitrogens with zero attached hydrogens (tertiary/aromatic N) is 1. The first-order valence-electron chi connectivity index (χ1n) is 4.63. The van der Waals surface area contributed by atoms with Crippen LogP contribution in [0.25, 0.3) is 0 Å². The lowest BCUT2D eigenvalue weighted by atomic mass is 9.95. The molecule has 1 N–H and O–H groups in total. The van der Waals surface area contributed by atoms with Gasteiger partial charge in [0.25, 0.3) is 0 Å². The van der Waals surface area contributed by atoms with E-state index in [1.54, 1.807) is 0 Å². The molecule has 2 rings (SSSR count). The largest absolute Gasteiger partial charge is 0.394 e. The molecule has 0 aliphatic carbocycles. The van der Waals surface area contributed by atoms with Gasteiger partial charge in [-0.25, -0.2) is 4.39 Å². The maximum atomic E-state index is 13.3. The lowest BCUT2D eigenvalue weighted by Crippen LogP contribution is -2.41. The van der Waals surface area contributed by atoms with E-state index in [4.69, 9.17) is 6.48 Å². The highest BCUT2D eigenvalue weighted by atomic mass is 19.1. The Labute approximate surface area is 67.4 Å². The summed E-state index contributed by atoms with van der Waals surface area (Å²) >= 11 is 0. The molecule has 2 atom stereocenters. The smallest absolute Gasteiger partial charge is 0.115 e. The van der Waals surface area contributed by atoms with Crippen molar-refractivity contribution in [3.8, 4) is 0 Å². The zero-order valence-corrected chi connectivity index (χ0v) is 6.52. The molecule has 0 aromatic carbocycles. The normalized spacial score (nSPS) is 52.7. The van der Waals surface area contributed by atoms with Crippen molar-refractivity contribution in [2.75, 3.05) is 19.7 Å².